The molecule has 2 nitrogen and oxygen atoms in total. The number of rotatable bonds is 4. The van der Waals surface area contributed by atoms with Gasteiger partial charge in [-0.1, -0.05) is 22.9 Å². The Balaban J connectivity index is 2.17. The average molecular weight is 262 g/mol. The molecule has 1 aliphatic rings. The van der Waals surface area contributed by atoms with Crippen LogP contribution in [0, 0.1) is 5.92 Å². The molecule has 0 aromatic rings. The van der Waals surface area contributed by atoms with Crippen molar-refractivity contribution in [3.63, 3.8) is 0 Å². The molecule has 1 rings (SSSR count). The summed E-state index contributed by atoms with van der Waals surface area (Å²) in [6, 6.07) is 0. The van der Waals surface area contributed by atoms with Crippen LogP contribution in [0.5, 0.6) is 0 Å². The minimum Gasteiger partial charge on any atom is -0.343 e. The Morgan fingerprint density at radius 2 is 2.00 bits per heavy atom. The van der Waals surface area contributed by atoms with Gasteiger partial charge in [0.15, 0.2) is 0 Å². The number of nitrogens with zero attached hydrogens (tertiary/aromatic N) is 1. The number of carbonyl (C=O) groups excluding carboxylic acids is 1. The predicted molar refractivity (Wildman–Crippen MR) is 62.6 cm³/mol. The molecule has 0 aromatic heterocycles. The first-order valence-corrected chi connectivity index (χ1v) is 6.70. The summed E-state index contributed by atoms with van der Waals surface area (Å²) in [6.45, 7) is 4.23. The van der Waals surface area contributed by atoms with Gasteiger partial charge in [-0.25, -0.2) is 0 Å². The molecule has 1 fully saturated rings. The molecule has 0 aliphatic carbocycles. The molecule has 82 valence electrons. The van der Waals surface area contributed by atoms with E-state index >= 15 is 0 Å². The highest BCUT2D eigenvalue weighted by Crippen LogP contribution is 2.17. The van der Waals surface area contributed by atoms with Gasteiger partial charge in [0.1, 0.15) is 0 Å². The fourth-order valence-corrected chi connectivity index (χ4v) is 2.18. The van der Waals surface area contributed by atoms with E-state index < -0.39 is 0 Å². The van der Waals surface area contributed by atoms with Gasteiger partial charge in [-0.2, -0.15) is 0 Å². The normalized spacial score (nSPS) is 18.6. The summed E-state index contributed by atoms with van der Waals surface area (Å²) >= 11 is 3.38. The summed E-state index contributed by atoms with van der Waals surface area (Å²) in [4.78, 5) is 13.7. The monoisotopic (exact) mass is 261 g/mol. The third kappa shape index (κ3) is 3.99. The lowest BCUT2D eigenvalue weighted by atomic mass is 9.99. The number of likely N-dealkylation sites (tertiary alicyclic amines) is 1. The Labute approximate surface area is 95.2 Å². The highest BCUT2D eigenvalue weighted by Gasteiger charge is 2.19. The number of piperidine rings is 1. The molecule has 1 aliphatic heterocycles. The van der Waals surface area contributed by atoms with Gasteiger partial charge >= 0.3 is 0 Å². The van der Waals surface area contributed by atoms with E-state index in [4.69, 9.17) is 0 Å². The van der Waals surface area contributed by atoms with Crippen LogP contribution in [0.3, 0.4) is 0 Å². The van der Waals surface area contributed by atoms with Gasteiger partial charge in [0, 0.05) is 24.8 Å². The van der Waals surface area contributed by atoms with E-state index in [0.717, 1.165) is 43.6 Å². The third-order valence-corrected chi connectivity index (χ3v) is 3.47. The summed E-state index contributed by atoms with van der Waals surface area (Å²) in [5.41, 5.74) is 0. The topological polar surface area (TPSA) is 20.3 Å². The van der Waals surface area contributed by atoms with Crippen molar-refractivity contribution in [1.82, 2.24) is 4.90 Å². The van der Waals surface area contributed by atoms with Crippen molar-refractivity contribution < 1.29 is 4.79 Å². The first-order valence-electron chi connectivity index (χ1n) is 5.57. The SMILES string of the molecule is CC1CCN(C(=O)CCCCBr)CC1. The van der Waals surface area contributed by atoms with Crippen LogP contribution in [0.1, 0.15) is 39.0 Å². The van der Waals surface area contributed by atoms with Crippen molar-refractivity contribution in [2.75, 3.05) is 18.4 Å². The van der Waals surface area contributed by atoms with Crippen LogP contribution in [0.15, 0.2) is 0 Å². The summed E-state index contributed by atoms with van der Waals surface area (Å²) in [5.74, 6) is 1.17. The lowest BCUT2D eigenvalue weighted by Gasteiger charge is -2.30. The molecule has 0 N–H and O–H groups in total. The number of unbranched alkanes of at least 4 members (excludes halogenated alkanes) is 1. The number of hydrogen-bond donors (Lipinski definition) is 0. The molecule has 1 heterocycles. The third-order valence-electron chi connectivity index (χ3n) is 2.91. The molecule has 1 saturated heterocycles. The minimum atomic E-state index is 0.359. The van der Waals surface area contributed by atoms with Crippen molar-refractivity contribution in [1.29, 1.82) is 0 Å². The molecule has 14 heavy (non-hydrogen) atoms. The van der Waals surface area contributed by atoms with Crippen molar-refractivity contribution in [2.24, 2.45) is 5.92 Å². The number of hydrogen-bond acceptors (Lipinski definition) is 1. The number of amides is 1. The zero-order valence-corrected chi connectivity index (χ0v) is 10.6. The number of halogens is 1. The molecule has 0 radical (unpaired) electrons. The zero-order chi connectivity index (χ0) is 10.4. The molecule has 3 heteroatoms. The standard InChI is InChI=1S/C11H20BrNO/c1-10-5-8-13(9-6-10)11(14)4-2-3-7-12/h10H,2-9H2,1H3. The van der Waals surface area contributed by atoms with E-state index in [0.29, 0.717) is 5.91 Å². The van der Waals surface area contributed by atoms with Crippen molar-refractivity contribution >= 4 is 21.8 Å². The lowest BCUT2D eigenvalue weighted by molar-refractivity contribution is -0.132. The summed E-state index contributed by atoms with van der Waals surface area (Å²) in [5, 5.41) is 1.01. The van der Waals surface area contributed by atoms with Crippen LogP contribution in [0.4, 0.5) is 0 Å². The Morgan fingerprint density at radius 3 is 2.57 bits per heavy atom. The summed E-state index contributed by atoms with van der Waals surface area (Å²) in [7, 11) is 0. The first-order chi connectivity index (χ1) is 6.74. The minimum absolute atomic E-state index is 0.359. The Hall–Kier alpha value is -0.0500. The number of carbonyl (C=O) groups is 1. The zero-order valence-electron chi connectivity index (χ0n) is 8.97. The van der Waals surface area contributed by atoms with E-state index in [1.54, 1.807) is 0 Å². The summed E-state index contributed by atoms with van der Waals surface area (Å²) in [6.07, 6.45) is 5.24. The van der Waals surface area contributed by atoms with E-state index in [9.17, 15) is 4.79 Å². The van der Waals surface area contributed by atoms with Crippen molar-refractivity contribution in [3.8, 4) is 0 Å². The van der Waals surface area contributed by atoms with Gasteiger partial charge in [0.2, 0.25) is 5.91 Å². The number of alkyl halides is 1. The second-order valence-electron chi connectivity index (χ2n) is 4.21. The molecule has 0 saturated carbocycles. The van der Waals surface area contributed by atoms with Crippen LogP contribution >= 0.6 is 15.9 Å². The van der Waals surface area contributed by atoms with Crippen LogP contribution in [-0.4, -0.2) is 29.2 Å². The van der Waals surface area contributed by atoms with Crippen molar-refractivity contribution in [3.05, 3.63) is 0 Å². The summed E-state index contributed by atoms with van der Waals surface area (Å²) < 4.78 is 0. The van der Waals surface area contributed by atoms with Crippen LogP contribution in [0.25, 0.3) is 0 Å². The molecular formula is C11H20BrNO. The maximum Gasteiger partial charge on any atom is 0.222 e. The van der Waals surface area contributed by atoms with Gasteiger partial charge in [-0.05, 0) is 31.6 Å². The molecule has 1 amide bonds. The van der Waals surface area contributed by atoms with Crippen LogP contribution in [-0.2, 0) is 4.79 Å². The van der Waals surface area contributed by atoms with E-state index in [1.807, 2.05) is 4.90 Å². The molecule has 0 unspecified atom stereocenters. The largest absolute Gasteiger partial charge is 0.343 e. The molecule has 0 atom stereocenters. The molecule has 0 bridgehead atoms. The molecular weight excluding hydrogens is 242 g/mol. The fraction of sp³-hybridized carbons (Fsp3) is 0.909. The highest BCUT2D eigenvalue weighted by molar-refractivity contribution is 9.09. The quantitative estimate of drug-likeness (QED) is 0.563. The highest BCUT2D eigenvalue weighted by atomic mass is 79.9. The van der Waals surface area contributed by atoms with Crippen LogP contribution < -0.4 is 0 Å². The van der Waals surface area contributed by atoms with Gasteiger partial charge < -0.3 is 4.90 Å². The predicted octanol–water partition coefficient (Wildman–Crippen LogP) is 2.81. The van der Waals surface area contributed by atoms with Crippen LogP contribution in [0.2, 0.25) is 0 Å². The Kier molecular flexibility index (Phi) is 5.53. The van der Waals surface area contributed by atoms with E-state index in [2.05, 4.69) is 22.9 Å². The van der Waals surface area contributed by atoms with Gasteiger partial charge in [0.05, 0.1) is 0 Å². The second-order valence-corrected chi connectivity index (χ2v) is 5.00. The van der Waals surface area contributed by atoms with E-state index in [-0.39, 0.29) is 0 Å². The van der Waals surface area contributed by atoms with Gasteiger partial charge in [0.25, 0.3) is 0 Å². The van der Waals surface area contributed by atoms with Gasteiger partial charge in [-0.3, -0.25) is 4.79 Å². The Bertz CT molecular complexity index is 176. The lowest BCUT2D eigenvalue weighted by Crippen LogP contribution is -2.37. The molecule has 0 aromatic carbocycles. The van der Waals surface area contributed by atoms with Crippen molar-refractivity contribution in [2.45, 2.75) is 39.0 Å². The second kappa shape index (κ2) is 6.44. The Morgan fingerprint density at radius 1 is 1.36 bits per heavy atom. The maximum absolute atomic E-state index is 11.7. The van der Waals surface area contributed by atoms with Gasteiger partial charge in [-0.15, -0.1) is 0 Å². The van der Waals surface area contributed by atoms with E-state index in [1.165, 1.54) is 12.8 Å². The average Bonchev–Trinajstić information content (AvgIpc) is 2.19. The maximum atomic E-state index is 11.7. The molecule has 0 spiro atoms. The fourth-order valence-electron chi connectivity index (χ4n) is 1.79. The first kappa shape index (κ1) is 12.0. The smallest absolute Gasteiger partial charge is 0.222 e.